The van der Waals surface area contributed by atoms with Crippen molar-refractivity contribution in [3.05, 3.63) is 70.4 Å². The van der Waals surface area contributed by atoms with E-state index in [1.807, 2.05) is 31.2 Å². The molecule has 0 aromatic heterocycles. The van der Waals surface area contributed by atoms with Gasteiger partial charge in [-0.15, -0.1) is 0 Å². The molecule has 2 aromatic carbocycles. The van der Waals surface area contributed by atoms with Crippen molar-refractivity contribution in [3.8, 4) is 5.75 Å². The van der Waals surface area contributed by atoms with E-state index in [1.54, 1.807) is 31.4 Å². The van der Waals surface area contributed by atoms with Crippen LogP contribution in [0.4, 0.5) is 5.69 Å². The Morgan fingerprint density at radius 1 is 1.23 bits per heavy atom. The van der Waals surface area contributed by atoms with E-state index >= 15 is 0 Å². The van der Waals surface area contributed by atoms with E-state index < -0.39 is 6.04 Å². The molecular formula is C19H18ClN3O2S. The predicted octanol–water partition coefficient (Wildman–Crippen LogP) is 3.78. The van der Waals surface area contributed by atoms with Gasteiger partial charge in [0.25, 0.3) is 5.91 Å². The Balaban J connectivity index is 1.99. The molecule has 0 aliphatic carbocycles. The number of anilines is 1. The number of ether oxygens (including phenoxy) is 1. The SMILES string of the molecule is COc1ccccc1C1NC(=S)NC(C)=C1C(=O)Nc1cccc(Cl)c1. The third kappa shape index (κ3) is 3.81. The van der Waals surface area contributed by atoms with Crippen LogP contribution in [0.5, 0.6) is 5.75 Å². The lowest BCUT2D eigenvalue weighted by molar-refractivity contribution is -0.113. The molecule has 0 fully saturated rings. The predicted molar refractivity (Wildman–Crippen MR) is 107 cm³/mol. The first-order valence-corrected chi connectivity index (χ1v) is 8.76. The maximum absolute atomic E-state index is 13.0. The van der Waals surface area contributed by atoms with Crippen molar-refractivity contribution in [3.63, 3.8) is 0 Å². The lowest BCUT2D eigenvalue weighted by Crippen LogP contribution is -2.45. The van der Waals surface area contributed by atoms with Crippen LogP contribution in [0.2, 0.25) is 5.02 Å². The Kier molecular flexibility index (Phi) is 5.44. The average Bonchev–Trinajstić information content (AvgIpc) is 2.60. The summed E-state index contributed by atoms with van der Waals surface area (Å²) in [5, 5.41) is 10.1. The van der Waals surface area contributed by atoms with E-state index in [0.29, 0.717) is 32.8 Å². The van der Waals surface area contributed by atoms with Gasteiger partial charge >= 0.3 is 0 Å². The summed E-state index contributed by atoms with van der Waals surface area (Å²) in [6.07, 6.45) is 0. The molecule has 1 heterocycles. The number of methoxy groups -OCH3 is 1. The fourth-order valence-electron chi connectivity index (χ4n) is 2.90. The molecule has 134 valence electrons. The average molecular weight is 388 g/mol. The van der Waals surface area contributed by atoms with Gasteiger partial charge in [-0.25, -0.2) is 0 Å². The zero-order valence-electron chi connectivity index (χ0n) is 14.3. The summed E-state index contributed by atoms with van der Waals surface area (Å²) >= 11 is 11.3. The van der Waals surface area contributed by atoms with Crippen molar-refractivity contribution in [1.82, 2.24) is 10.6 Å². The van der Waals surface area contributed by atoms with Crippen LogP contribution in [0.25, 0.3) is 0 Å². The highest BCUT2D eigenvalue weighted by atomic mass is 35.5. The molecule has 0 saturated carbocycles. The van der Waals surface area contributed by atoms with Crippen LogP contribution >= 0.6 is 23.8 Å². The van der Waals surface area contributed by atoms with Crippen molar-refractivity contribution in [1.29, 1.82) is 0 Å². The number of carbonyl (C=O) groups is 1. The first kappa shape index (κ1) is 18.2. The molecule has 3 N–H and O–H groups in total. The van der Waals surface area contributed by atoms with Crippen molar-refractivity contribution in [2.75, 3.05) is 12.4 Å². The van der Waals surface area contributed by atoms with Gasteiger partial charge in [-0.05, 0) is 43.4 Å². The second-order valence-electron chi connectivity index (χ2n) is 5.78. The van der Waals surface area contributed by atoms with Gasteiger partial charge in [0, 0.05) is 22.0 Å². The van der Waals surface area contributed by atoms with Crippen molar-refractivity contribution < 1.29 is 9.53 Å². The number of nitrogens with one attached hydrogen (secondary N) is 3. The summed E-state index contributed by atoms with van der Waals surface area (Å²) in [7, 11) is 1.60. The van der Waals surface area contributed by atoms with Crippen molar-refractivity contribution in [2.45, 2.75) is 13.0 Å². The zero-order chi connectivity index (χ0) is 18.7. The molecule has 1 atom stereocenters. The van der Waals surface area contributed by atoms with Crippen LogP contribution in [0.3, 0.4) is 0 Å². The minimum Gasteiger partial charge on any atom is -0.496 e. The number of para-hydroxylation sites is 1. The number of halogens is 1. The fourth-order valence-corrected chi connectivity index (χ4v) is 3.36. The van der Waals surface area contributed by atoms with Crippen LogP contribution in [-0.4, -0.2) is 18.1 Å². The van der Waals surface area contributed by atoms with Gasteiger partial charge in [-0.1, -0.05) is 35.9 Å². The molecule has 1 unspecified atom stereocenters. The third-order valence-corrected chi connectivity index (χ3v) is 4.50. The number of benzene rings is 2. The van der Waals surface area contributed by atoms with Crippen LogP contribution < -0.4 is 20.7 Å². The van der Waals surface area contributed by atoms with Gasteiger partial charge in [0.05, 0.1) is 18.7 Å². The number of amides is 1. The number of carbonyl (C=O) groups excluding carboxylic acids is 1. The van der Waals surface area contributed by atoms with Crippen LogP contribution in [0, 0.1) is 0 Å². The smallest absolute Gasteiger partial charge is 0.255 e. The lowest BCUT2D eigenvalue weighted by Gasteiger charge is -2.31. The Labute approximate surface area is 162 Å². The quantitative estimate of drug-likeness (QED) is 0.697. The molecule has 3 rings (SSSR count). The molecule has 26 heavy (non-hydrogen) atoms. The zero-order valence-corrected chi connectivity index (χ0v) is 15.9. The van der Waals surface area contributed by atoms with Crippen molar-refractivity contribution >= 4 is 40.5 Å². The Morgan fingerprint density at radius 2 is 2.00 bits per heavy atom. The summed E-state index contributed by atoms with van der Waals surface area (Å²) in [5.41, 5.74) is 2.66. The third-order valence-electron chi connectivity index (χ3n) is 4.05. The maximum Gasteiger partial charge on any atom is 0.255 e. The molecule has 1 aliphatic rings. The van der Waals surface area contributed by atoms with Crippen LogP contribution in [0.1, 0.15) is 18.5 Å². The van der Waals surface area contributed by atoms with Gasteiger partial charge in [0.2, 0.25) is 0 Å². The molecule has 0 saturated heterocycles. The normalized spacial score (nSPS) is 16.6. The number of hydrogen-bond acceptors (Lipinski definition) is 3. The monoisotopic (exact) mass is 387 g/mol. The molecule has 5 nitrogen and oxygen atoms in total. The molecule has 1 aliphatic heterocycles. The summed E-state index contributed by atoms with van der Waals surface area (Å²) in [4.78, 5) is 13.0. The number of hydrogen-bond donors (Lipinski definition) is 3. The second-order valence-corrected chi connectivity index (χ2v) is 6.62. The second kappa shape index (κ2) is 7.76. The fraction of sp³-hybridized carbons (Fsp3) is 0.158. The highest BCUT2D eigenvalue weighted by Crippen LogP contribution is 2.33. The van der Waals surface area contributed by atoms with Crippen LogP contribution in [0.15, 0.2) is 59.8 Å². The Bertz CT molecular complexity index is 898. The molecular weight excluding hydrogens is 370 g/mol. The van der Waals surface area contributed by atoms with Crippen molar-refractivity contribution in [2.24, 2.45) is 0 Å². The van der Waals surface area contributed by atoms with Gasteiger partial charge in [-0.3, -0.25) is 4.79 Å². The standard InChI is InChI=1S/C19H18ClN3O2S/c1-11-16(18(24)22-13-7-5-6-12(20)10-13)17(23-19(26)21-11)14-8-3-4-9-15(14)25-2/h3-10,17H,1-2H3,(H,22,24)(H2,21,23,26). The topological polar surface area (TPSA) is 62.4 Å². The molecule has 0 radical (unpaired) electrons. The summed E-state index contributed by atoms with van der Waals surface area (Å²) in [5.74, 6) is 0.429. The van der Waals surface area contributed by atoms with E-state index in [0.717, 1.165) is 5.56 Å². The molecule has 7 heteroatoms. The van der Waals surface area contributed by atoms with E-state index in [9.17, 15) is 4.79 Å². The highest BCUT2D eigenvalue weighted by Gasteiger charge is 2.31. The number of rotatable bonds is 4. The van der Waals surface area contributed by atoms with E-state index in [1.165, 1.54) is 0 Å². The summed E-state index contributed by atoms with van der Waals surface area (Å²) in [6.45, 7) is 1.82. The maximum atomic E-state index is 13.0. The number of allylic oxidation sites excluding steroid dienone is 1. The van der Waals surface area contributed by atoms with E-state index in [-0.39, 0.29) is 5.91 Å². The first-order chi connectivity index (χ1) is 12.5. The molecule has 0 bridgehead atoms. The molecule has 2 aromatic rings. The molecule has 0 spiro atoms. The first-order valence-electron chi connectivity index (χ1n) is 7.97. The largest absolute Gasteiger partial charge is 0.496 e. The summed E-state index contributed by atoms with van der Waals surface area (Å²) < 4.78 is 5.46. The van der Waals surface area contributed by atoms with Gasteiger partial charge in [0.1, 0.15) is 5.75 Å². The minimum absolute atomic E-state index is 0.247. The Hall–Kier alpha value is -2.57. The van der Waals surface area contributed by atoms with Crippen LogP contribution in [-0.2, 0) is 4.79 Å². The minimum atomic E-state index is -0.431. The van der Waals surface area contributed by atoms with E-state index in [2.05, 4.69) is 16.0 Å². The van der Waals surface area contributed by atoms with E-state index in [4.69, 9.17) is 28.6 Å². The van der Waals surface area contributed by atoms with Gasteiger partial charge < -0.3 is 20.7 Å². The molecule has 1 amide bonds. The highest BCUT2D eigenvalue weighted by molar-refractivity contribution is 7.80. The Morgan fingerprint density at radius 3 is 2.73 bits per heavy atom. The van der Waals surface area contributed by atoms with Gasteiger partial charge in [-0.2, -0.15) is 0 Å². The number of thiocarbonyl (C=S) groups is 1. The lowest BCUT2D eigenvalue weighted by atomic mass is 9.94. The van der Waals surface area contributed by atoms with Gasteiger partial charge in [0.15, 0.2) is 5.11 Å². The summed E-state index contributed by atoms with van der Waals surface area (Å²) in [6, 6.07) is 14.1.